The van der Waals surface area contributed by atoms with Crippen molar-refractivity contribution in [2.75, 3.05) is 5.75 Å². The second-order valence-electron chi connectivity index (χ2n) is 3.44. The summed E-state index contributed by atoms with van der Waals surface area (Å²) in [6.45, 7) is 0. The number of halogens is 3. The van der Waals surface area contributed by atoms with Crippen LogP contribution in [0, 0.1) is 11.6 Å². The molecule has 0 amide bonds. The van der Waals surface area contributed by atoms with E-state index in [1.165, 1.54) is 12.1 Å². The molecule has 0 radical (unpaired) electrons. The van der Waals surface area contributed by atoms with Crippen molar-refractivity contribution >= 4 is 19.7 Å². The van der Waals surface area contributed by atoms with Crippen molar-refractivity contribution in [3.63, 3.8) is 0 Å². The minimum atomic E-state index is -3.48. The third-order valence-electron chi connectivity index (χ3n) is 2.10. The van der Waals surface area contributed by atoms with Gasteiger partial charge in [-0.05, 0) is 30.9 Å². The van der Waals surface area contributed by atoms with Crippen molar-refractivity contribution in [3.05, 3.63) is 35.4 Å². The van der Waals surface area contributed by atoms with E-state index in [4.69, 9.17) is 10.7 Å². The summed E-state index contributed by atoms with van der Waals surface area (Å²) in [4.78, 5) is 0. The van der Waals surface area contributed by atoms with E-state index in [0.29, 0.717) is 24.8 Å². The minimum absolute atomic E-state index is 0.128. The zero-order valence-electron chi connectivity index (χ0n) is 8.42. The minimum Gasteiger partial charge on any atom is -0.212 e. The standard InChI is InChI=1S/C10H11ClF2O2S/c11-16(14,15)6-2-1-3-8-4-5-9(12)7-10(8)13/h4-5,7H,1-3,6H2. The average molecular weight is 269 g/mol. The van der Waals surface area contributed by atoms with E-state index >= 15 is 0 Å². The van der Waals surface area contributed by atoms with Gasteiger partial charge in [0.2, 0.25) is 9.05 Å². The molecule has 0 bridgehead atoms. The highest BCUT2D eigenvalue weighted by Gasteiger charge is 2.06. The second kappa shape index (κ2) is 5.59. The van der Waals surface area contributed by atoms with Gasteiger partial charge in [0, 0.05) is 16.7 Å². The van der Waals surface area contributed by atoms with E-state index < -0.39 is 20.7 Å². The van der Waals surface area contributed by atoms with Gasteiger partial charge in [0.1, 0.15) is 11.6 Å². The molecule has 0 aliphatic carbocycles. The molecule has 2 nitrogen and oxygen atoms in total. The Bertz CT molecular complexity index is 460. The van der Waals surface area contributed by atoms with Crippen LogP contribution in [0.4, 0.5) is 8.78 Å². The fourth-order valence-corrected chi connectivity index (χ4v) is 2.19. The molecule has 0 atom stereocenters. The van der Waals surface area contributed by atoms with E-state index in [1.54, 1.807) is 0 Å². The highest BCUT2D eigenvalue weighted by molar-refractivity contribution is 8.13. The molecule has 0 heterocycles. The number of rotatable bonds is 5. The third kappa shape index (κ3) is 4.90. The summed E-state index contributed by atoms with van der Waals surface area (Å²) in [6, 6.07) is 3.35. The van der Waals surface area contributed by atoms with Crippen LogP contribution in [0.5, 0.6) is 0 Å². The fraction of sp³-hybridized carbons (Fsp3) is 0.400. The van der Waals surface area contributed by atoms with Crippen LogP contribution in [0.25, 0.3) is 0 Å². The van der Waals surface area contributed by atoms with E-state index in [0.717, 1.165) is 6.07 Å². The lowest BCUT2D eigenvalue weighted by atomic mass is 10.1. The first-order valence-electron chi connectivity index (χ1n) is 4.75. The Labute approximate surface area is 97.7 Å². The molecule has 16 heavy (non-hydrogen) atoms. The quantitative estimate of drug-likeness (QED) is 0.608. The van der Waals surface area contributed by atoms with Crippen LogP contribution in [-0.2, 0) is 15.5 Å². The molecular formula is C10H11ClF2O2S. The molecular weight excluding hydrogens is 258 g/mol. The predicted molar refractivity (Wildman–Crippen MR) is 58.9 cm³/mol. The second-order valence-corrected chi connectivity index (χ2v) is 6.33. The average Bonchev–Trinajstić information content (AvgIpc) is 2.13. The van der Waals surface area contributed by atoms with Crippen molar-refractivity contribution in [2.45, 2.75) is 19.3 Å². The predicted octanol–water partition coefficient (Wildman–Crippen LogP) is 2.86. The lowest BCUT2D eigenvalue weighted by molar-refractivity contribution is 0.568. The Morgan fingerprint density at radius 1 is 1.19 bits per heavy atom. The maximum absolute atomic E-state index is 13.1. The smallest absolute Gasteiger partial charge is 0.212 e. The fourth-order valence-electron chi connectivity index (χ4n) is 1.31. The molecule has 6 heteroatoms. The van der Waals surface area contributed by atoms with Crippen LogP contribution in [0.1, 0.15) is 18.4 Å². The molecule has 0 aliphatic heterocycles. The van der Waals surface area contributed by atoms with Gasteiger partial charge in [0.25, 0.3) is 0 Å². The lowest BCUT2D eigenvalue weighted by Gasteiger charge is -2.02. The third-order valence-corrected chi connectivity index (χ3v) is 3.34. The number of hydrogen-bond acceptors (Lipinski definition) is 2. The van der Waals surface area contributed by atoms with Crippen LogP contribution >= 0.6 is 10.7 Å². The monoisotopic (exact) mass is 268 g/mol. The van der Waals surface area contributed by atoms with Gasteiger partial charge in [-0.2, -0.15) is 0 Å². The Balaban J connectivity index is 2.43. The number of unbranched alkanes of at least 4 members (excludes halogenated alkanes) is 1. The summed E-state index contributed by atoms with van der Waals surface area (Å²) in [6.07, 6.45) is 1.23. The van der Waals surface area contributed by atoms with E-state index in [9.17, 15) is 17.2 Å². The molecule has 1 aromatic carbocycles. The van der Waals surface area contributed by atoms with Gasteiger partial charge in [-0.3, -0.25) is 0 Å². The highest BCUT2D eigenvalue weighted by atomic mass is 35.7. The Morgan fingerprint density at radius 3 is 2.44 bits per heavy atom. The molecule has 0 aromatic heterocycles. The number of aryl methyl sites for hydroxylation is 1. The Hall–Kier alpha value is -0.680. The molecule has 1 aromatic rings. The summed E-state index contributed by atoms with van der Waals surface area (Å²) in [7, 11) is 1.54. The molecule has 0 saturated heterocycles. The summed E-state index contributed by atoms with van der Waals surface area (Å²) in [5.41, 5.74) is 0.383. The summed E-state index contributed by atoms with van der Waals surface area (Å²) in [5.74, 6) is -1.35. The van der Waals surface area contributed by atoms with Crippen LogP contribution in [0.3, 0.4) is 0 Å². The normalized spacial score (nSPS) is 11.7. The van der Waals surface area contributed by atoms with Crippen molar-refractivity contribution in [3.8, 4) is 0 Å². The topological polar surface area (TPSA) is 34.1 Å². The maximum atomic E-state index is 13.1. The van der Waals surface area contributed by atoms with Gasteiger partial charge in [-0.15, -0.1) is 0 Å². The van der Waals surface area contributed by atoms with Gasteiger partial charge >= 0.3 is 0 Å². The SMILES string of the molecule is O=S(=O)(Cl)CCCCc1ccc(F)cc1F. The lowest BCUT2D eigenvalue weighted by Crippen LogP contribution is -1.99. The zero-order chi connectivity index (χ0) is 12.2. The van der Waals surface area contributed by atoms with E-state index in [-0.39, 0.29) is 5.75 Å². The van der Waals surface area contributed by atoms with Crippen molar-refractivity contribution in [1.29, 1.82) is 0 Å². The van der Waals surface area contributed by atoms with Crippen molar-refractivity contribution in [1.82, 2.24) is 0 Å². The van der Waals surface area contributed by atoms with E-state index in [2.05, 4.69) is 0 Å². The summed E-state index contributed by atoms with van der Waals surface area (Å²) in [5, 5.41) is 0. The number of benzene rings is 1. The zero-order valence-corrected chi connectivity index (χ0v) is 9.99. The largest absolute Gasteiger partial charge is 0.232 e. The van der Waals surface area contributed by atoms with Crippen molar-refractivity contribution < 1.29 is 17.2 Å². The van der Waals surface area contributed by atoms with Gasteiger partial charge in [0.15, 0.2) is 0 Å². The van der Waals surface area contributed by atoms with Gasteiger partial charge in [-0.1, -0.05) is 6.07 Å². The Kier molecular flexibility index (Phi) is 4.68. The first kappa shape index (κ1) is 13.4. The molecule has 0 unspecified atom stereocenters. The number of hydrogen-bond donors (Lipinski definition) is 0. The van der Waals surface area contributed by atoms with Crippen LogP contribution in [0.2, 0.25) is 0 Å². The molecule has 90 valence electrons. The first-order chi connectivity index (χ1) is 7.38. The molecule has 0 fully saturated rings. The highest BCUT2D eigenvalue weighted by Crippen LogP contribution is 2.13. The van der Waals surface area contributed by atoms with Gasteiger partial charge in [-0.25, -0.2) is 17.2 Å². The van der Waals surface area contributed by atoms with Crippen LogP contribution in [-0.4, -0.2) is 14.2 Å². The molecule has 0 spiro atoms. The van der Waals surface area contributed by atoms with Crippen LogP contribution < -0.4 is 0 Å². The van der Waals surface area contributed by atoms with Gasteiger partial charge in [0.05, 0.1) is 5.75 Å². The van der Waals surface area contributed by atoms with E-state index in [1.807, 2.05) is 0 Å². The molecule has 0 saturated carbocycles. The molecule has 0 aliphatic rings. The molecule has 1 rings (SSSR count). The summed E-state index contributed by atoms with van der Waals surface area (Å²) < 4.78 is 46.9. The summed E-state index contributed by atoms with van der Waals surface area (Å²) >= 11 is 0. The van der Waals surface area contributed by atoms with Crippen LogP contribution in [0.15, 0.2) is 18.2 Å². The Morgan fingerprint density at radius 2 is 1.88 bits per heavy atom. The van der Waals surface area contributed by atoms with Gasteiger partial charge < -0.3 is 0 Å². The molecule has 0 N–H and O–H groups in total. The van der Waals surface area contributed by atoms with Crippen molar-refractivity contribution in [2.24, 2.45) is 0 Å². The first-order valence-corrected chi connectivity index (χ1v) is 7.22. The maximum Gasteiger partial charge on any atom is 0.232 e.